The van der Waals surface area contributed by atoms with Crippen LogP contribution in [0, 0.1) is 0 Å². The average molecular weight is 228 g/mol. The highest BCUT2D eigenvalue weighted by molar-refractivity contribution is 7.98. The first-order valence-electron chi connectivity index (χ1n) is 3.80. The summed E-state index contributed by atoms with van der Waals surface area (Å²) < 4.78 is 0. The van der Waals surface area contributed by atoms with E-state index >= 15 is 0 Å². The zero-order valence-electron chi connectivity index (χ0n) is 7.24. The molecule has 4 nitrogen and oxygen atoms in total. The lowest BCUT2D eigenvalue weighted by Gasteiger charge is -1.98. The molecule has 0 aliphatic heterocycles. The molecule has 0 aliphatic rings. The molecule has 2 aromatic heterocycles. The Morgan fingerprint density at radius 1 is 1.57 bits per heavy atom. The predicted molar refractivity (Wildman–Crippen MR) is 56.9 cm³/mol. The molecule has 0 aliphatic carbocycles. The maximum absolute atomic E-state index is 11.2. The average Bonchev–Trinajstić information content (AvgIpc) is 2.19. The van der Waals surface area contributed by atoms with Gasteiger partial charge in [0.15, 0.2) is 5.16 Å². The number of hydrogen-bond acceptors (Lipinski definition) is 4. The molecule has 0 amide bonds. The second-order valence-electron chi connectivity index (χ2n) is 2.61. The van der Waals surface area contributed by atoms with Crippen molar-refractivity contribution in [2.24, 2.45) is 0 Å². The van der Waals surface area contributed by atoms with Crippen molar-refractivity contribution in [3.05, 3.63) is 27.6 Å². The molecule has 2 heterocycles. The standard InChI is InChI=1S/C8H6ClN3OS/c1-14-8-10-3-4-2-5(9)7(13)11-6(4)12-8/h2-3H,1H3,(H,10,11,12,13). The molecule has 2 aromatic rings. The van der Waals surface area contributed by atoms with Crippen molar-refractivity contribution in [2.45, 2.75) is 5.16 Å². The van der Waals surface area contributed by atoms with Crippen LogP contribution in [0.25, 0.3) is 11.0 Å². The summed E-state index contributed by atoms with van der Waals surface area (Å²) in [7, 11) is 0. The predicted octanol–water partition coefficient (Wildman–Crippen LogP) is 1.69. The molecule has 72 valence electrons. The third-order valence-electron chi connectivity index (χ3n) is 1.71. The third-order valence-corrected chi connectivity index (χ3v) is 2.55. The van der Waals surface area contributed by atoms with Crippen molar-refractivity contribution in [3.8, 4) is 0 Å². The number of nitrogens with one attached hydrogen (secondary N) is 1. The van der Waals surface area contributed by atoms with Crippen LogP contribution in [-0.4, -0.2) is 21.2 Å². The molecule has 2 rings (SSSR count). The van der Waals surface area contributed by atoms with E-state index in [4.69, 9.17) is 11.6 Å². The Hall–Kier alpha value is -1.07. The number of H-pyrrole nitrogens is 1. The Morgan fingerprint density at radius 2 is 2.36 bits per heavy atom. The number of pyridine rings is 1. The zero-order valence-corrected chi connectivity index (χ0v) is 8.82. The lowest BCUT2D eigenvalue weighted by molar-refractivity contribution is 0.988. The number of aromatic amines is 1. The van der Waals surface area contributed by atoms with Crippen molar-refractivity contribution < 1.29 is 0 Å². The molecule has 0 saturated carbocycles. The molecule has 0 aromatic carbocycles. The van der Waals surface area contributed by atoms with Gasteiger partial charge < -0.3 is 4.98 Å². The Bertz CT molecular complexity index is 540. The van der Waals surface area contributed by atoms with Crippen LogP contribution in [0.15, 0.2) is 22.2 Å². The Balaban J connectivity index is 2.77. The van der Waals surface area contributed by atoms with E-state index in [0.717, 1.165) is 5.39 Å². The Kier molecular flexibility index (Phi) is 2.43. The second kappa shape index (κ2) is 3.59. The Labute approximate surface area is 88.7 Å². The SMILES string of the molecule is CSc1ncc2cc(Cl)c(=O)[nH]c2n1. The molecule has 14 heavy (non-hydrogen) atoms. The van der Waals surface area contributed by atoms with Crippen LogP contribution in [0.4, 0.5) is 0 Å². The van der Waals surface area contributed by atoms with Crippen LogP contribution in [-0.2, 0) is 0 Å². The molecule has 6 heteroatoms. The third kappa shape index (κ3) is 1.60. The van der Waals surface area contributed by atoms with E-state index in [-0.39, 0.29) is 10.6 Å². The summed E-state index contributed by atoms with van der Waals surface area (Å²) in [6.45, 7) is 0. The molecule has 0 saturated heterocycles. The summed E-state index contributed by atoms with van der Waals surface area (Å²) in [6, 6.07) is 1.56. The van der Waals surface area contributed by atoms with Crippen molar-refractivity contribution in [2.75, 3.05) is 6.26 Å². The van der Waals surface area contributed by atoms with E-state index in [1.807, 2.05) is 6.26 Å². The van der Waals surface area contributed by atoms with Crippen LogP contribution in [0.2, 0.25) is 5.02 Å². The smallest absolute Gasteiger partial charge is 0.268 e. The van der Waals surface area contributed by atoms with Gasteiger partial charge in [0.05, 0.1) is 0 Å². The van der Waals surface area contributed by atoms with Crippen LogP contribution in [0.1, 0.15) is 0 Å². The van der Waals surface area contributed by atoms with Gasteiger partial charge in [0.1, 0.15) is 10.7 Å². The van der Waals surface area contributed by atoms with E-state index < -0.39 is 0 Å². The van der Waals surface area contributed by atoms with E-state index in [9.17, 15) is 4.79 Å². The van der Waals surface area contributed by atoms with Gasteiger partial charge in [-0.15, -0.1) is 0 Å². The van der Waals surface area contributed by atoms with Crippen molar-refractivity contribution in [1.82, 2.24) is 15.0 Å². The topological polar surface area (TPSA) is 58.6 Å². The van der Waals surface area contributed by atoms with Gasteiger partial charge >= 0.3 is 0 Å². The zero-order chi connectivity index (χ0) is 10.1. The first-order valence-corrected chi connectivity index (χ1v) is 5.40. The number of halogens is 1. The monoisotopic (exact) mass is 227 g/mol. The van der Waals surface area contributed by atoms with Gasteiger partial charge in [0.2, 0.25) is 0 Å². The second-order valence-corrected chi connectivity index (χ2v) is 3.79. The number of rotatable bonds is 1. The van der Waals surface area contributed by atoms with E-state index in [2.05, 4.69) is 15.0 Å². The quantitative estimate of drug-likeness (QED) is 0.595. The van der Waals surface area contributed by atoms with Crippen LogP contribution in [0.5, 0.6) is 0 Å². The fourth-order valence-electron chi connectivity index (χ4n) is 1.05. The van der Waals surface area contributed by atoms with E-state index in [1.165, 1.54) is 11.8 Å². The molecular weight excluding hydrogens is 222 g/mol. The molecule has 0 atom stereocenters. The summed E-state index contributed by atoms with van der Waals surface area (Å²) in [5, 5.41) is 1.50. The molecule has 1 N–H and O–H groups in total. The first kappa shape index (κ1) is 9.48. The molecular formula is C8H6ClN3OS. The van der Waals surface area contributed by atoms with Gasteiger partial charge in [-0.2, -0.15) is 0 Å². The molecule has 0 unspecified atom stereocenters. The van der Waals surface area contributed by atoms with Gasteiger partial charge in [0, 0.05) is 11.6 Å². The molecule has 0 fully saturated rings. The minimum Gasteiger partial charge on any atom is -0.305 e. The fourth-order valence-corrected chi connectivity index (χ4v) is 1.55. The lowest BCUT2D eigenvalue weighted by atomic mass is 10.3. The van der Waals surface area contributed by atoms with Crippen LogP contribution >= 0.6 is 23.4 Å². The van der Waals surface area contributed by atoms with Gasteiger partial charge in [-0.05, 0) is 12.3 Å². The van der Waals surface area contributed by atoms with E-state index in [0.29, 0.717) is 10.8 Å². The normalized spacial score (nSPS) is 10.7. The highest BCUT2D eigenvalue weighted by Crippen LogP contribution is 2.14. The summed E-state index contributed by atoms with van der Waals surface area (Å²) in [5.74, 6) is 0. The lowest BCUT2D eigenvalue weighted by Crippen LogP contribution is -2.07. The summed E-state index contributed by atoms with van der Waals surface area (Å²) in [5.41, 5.74) is 0.184. The molecule has 0 spiro atoms. The number of aromatic nitrogens is 3. The Morgan fingerprint density at radius 3 is 3.07 bits per heavy atom. The number of thioether (sulfide) groups is 1. The van der Waals surface area contributed by atoms with Gasteiger partial charge in [-0.1, -0.05) is 23.4 Å². The van der Waals surface area contributed by atoms with Gasteiger partial charge in [-0.3, -0.25) is 4.79 Å². The maximum Gasteiger partial charge on any atom is 0.268 e. The number of hydrogen-bond donors (Lipinski definition) is 1. The summed E-state index contributed by atoms with van der Waals surface area (Å²) >= 11 is 7.07. The van der Waals surface area contributed by atoms with Gasteiger partial charge in [0.25, 0.3) is 5.56 Å². The minimum atomic E-state index is -0.329. The van der Waals surface area contributed by atoms with Crippen LogP contribution < -0.4 is 5.56 Å². The highest BCUT2D eigenvalue weighted by atomic mass is 35.5. The van der Waals surface area contributed by atoms with Crippen molar-refractivity contribution in [3.63, 3.8) is 0 Å². The highest BCUT2D eigenvalue weighted by Gasteiger charge is 2.02. The number of fused-ring (bicyclic) bond motifs is 1. The van der Waals surface area contributed by atoms with E-state index in [1.54, 1.807) is 12.3 Å². The largest absolute Gasteiger partial charge is 0.305 e. The van der Waals surface area contributed by atoms with Crippen molar-refractivity contribution in [1.29, 1.82) is 0 Å². The van der Waals surface area contributed by atoms with Crippen LogP contribution in [0.3, 0.4) is 0 Å². The fraction of sp³-hybridized carbons (Fsp3) is 0.125. The van der Waals surface area contributed by atoms with Gasteiger partial charge in [-0.25, -0.2) is 9.97 Å². The maximum atomic E-state index is 11.2. The number of nitrogens with zero attached hydrogens (tertiary/aromatic N) is 2. The first-order chi connectivity index (χ1) is 6.70. The molecule has 0 bridgehead atoms. The molecule has 0 radical (unpaired) electrons. The summed E-state index contributed by atoms with van der Waals surface area (Å²) in [6.07, 6.45) is 3.51. The van der Waals surface area contributed by atoms with Crippen molar-refractivity contribution >= 4 is 34.4 Å². The summed E-state index contributed by atoms with van der Waals surface area (Å²) in [4.78, 5) is 22.0. The minimum absolute atomic E-state index is 0.151.